The van der Waals surface area contributed by atoms with Crippen LogP contribution in [-0.2, 0) is 19.2 Å². The molecule has 10 heteroatoms. The van der Waals surface area contributed by atoms with Gasteiger partial charge in [0.05, 0.1) is 5.54 Å². The molecule has 3 atom stereocenters. The Balaban J connectivity index is 2.88. The van der Waals surface area contributed by atoms with Gasteiger partial charge in [0.15, 0.2) is 0 Å². The molecular formula is C21H39N5O5. The second-order valence-corrected chi connectivity index (χ2v) is 8.99. The van der Waals surface area contributed by atoms with Crippen LogP contribution in [0.5, 0.6) is 0 Å². The monoisotopic (exact) mass is 441 g/mol. The standard InChI is InChI=1S/C21H39N5O5/c1-13(24-20(31)21(2,3)23)17(27)26-16(14-9-5-4-6-10-14)18(28)25-15(19(29)30)11-7-8-12-22/h13-16H,4-12,22-23H2,1-3H3,(H,24,31)(H,25,28)(H,26,27)(H,29,30)/t13-,15-,16-/m0/s1. The van der Waals surface area contributed by atoms with Gasteiger partial charge in [-0.05, 0) is 65.3 Å². The zero-order chi connectivity index (χ0) is 23.6. The van der Waals surface area contributed by atoms with Crippen molar-refractivity contribution in [2.75, 3.05) is 6.54 Å². The van der Waals surface area contributed by atoms with E-state index in [2.05, 4.69) is 16.0 Å². The van der Waals surface area contributed by atoms with Crippen LogP contribution in [0, 0.1) is 5.92 Å². The average molecular weight is 442 g/mol. The Morgan fingerprint density at radius 2 is 1.61 bits per heavy atom. The first-order valence-electron chi connectivity index (χ1n) is 11.1. The summed E-state index contributed by atoms with van der Waals surface area (Å²) in [5.74, 6) is -2.73. The molecule has 0 spiro atoms. The molecular weight excluding hydrogens is 402 g/mol. The summed E-state index contributed by atoms with van der Waals surface area (Å²) in [5, 5.41) is 17.3. The highest BCUT2D eigenvalue weighted by Gasteiger charge is 2.35. The van der Waals surface area contributed by atoms with E-state index in [4.69, 9.17) is 11.5 Å². The third-order valence-corrected chi connectivity index (χ3v) is 5.59. The summed E-state index contributed by atoms with van der Waals surface area (Å²) in [7, 11) is 0. The van der Waals surface area contributed by atoms with Crippen molar-refractivity contribution in [3.63, 3.8) is 0 Å². The number of unbranched alkanes of at least 4 members (excludes halogenated alkanes) is 1. The first-order chi connectivity index (χ1) is 14.5. The van der Waals surface area contributed by atoms with Crippen LogP contribution in [0.2, 0.25) is 0 Å². The first-order valence-corrected chi connectivity index (χ1v) is 11.1. The van der Waals surface area contributed by atoms with E-state index >= 15 is 0 Å². The molecule has 1 fully saturated rings. The topological polar surface area (TPSA) is 177 Å². The molecule has 8 N–H and O–H groups in total. The van der Waals surface area contributed by atoms with Crippen LogP contribution < -0.4 is 27.4 Å². The van der Waals surface area contributed by atoms with E-state index in [1.54, 1.807) is 0 Å². The van der Waals surface area contributed by atoms with Crippen LogP contribution in [0.1, 0.15) is 72.1 Å². The second kappa shape index (κ2) is 12.6. The third-order valence-electron chi connectivity index (χ3n) is 5.59. The predicted molar refractivity (Wildman–Crippen MR) is 117 cm³/mol. The minimum Gasteiger partial charge on any atom is -0.480 e. The van der Waals surface area contributed by atoms with Gasteiger partial charge in [-0.3, -0.25) is 14.4 Å². The highest BCUT2D eigenvalue weighted by atomic mass is 16.4. The Hall–Kier alpha value is -2.20. The molecule has 1 saturated carbocycles. The molecule has 1 rings (SSSR count). The normalized spacial score (nSPS) is 17.8. The quantitative estimate of drug-likeness (QED) is 0.231. The van der Waals surface area contributed by atoms with Gasteiger partial charge in [-0.2, -0.15) is 0 Å². The van der Waals surface area contributed by atoms with E-state index in [0.717, 1.165) is 32.1 Å². The smallest absolute Gasteiger partial charge is 0.326 e. The lowest BCUT2D eigenvalue weighted by Gasteiger charge is -2.32. The number of nitrogens with one attached hydrogen (secondary N) is 3. The van der Waals surface area contributed by atoms with Crippen LogP contribution in [0.3, 0.4) is 0 Å². The number of rotatable bonds is 12. The number of carbonyl (C=O) groups excluding carboxylic acids is 3. The fraction of sp³-hybridized carbons (Fsp3) is 0.810. The summed E-state index contributed by atoms with van der Waals surface area (Å²) < 4.78 is 0. The molecule has 3 amide bonds. The van der Waals surface area contributed by atoms with E-state index in [0.29, 0.717) is 19.4 Å². The summed E-state index contributed by atoms with van der Waals surface area (Å²) in [4.78, 5) is 49.4. The van der Waals surface area contributed by atoms with Crippen molar-refractivity contribution in [3.8, 4) is 0 Å². The molecule has 0 radical (unpaired) electrons. The summed E-state index contributed by atoms with van der Waals surface area (Å²) in [5.41, 5.74) is 10.1. The van der Waals surface area contributed by atoms with Crippen LogP contribution in [-0.4, -0.2) is 59.0 Å². The van der Waals surface area contributed by atoms with E-state index in [1.807, 2.05) is 0 Å². The Bertz CT molecular complexity index is 628. The number of hydrogen-bond donors (Lipinski definition) is 6. The zero-order valence-corrected chi connectivity index (χ0v) is 18.9. The molecule has 0 aromatic rings. The molecule has 0 aromatic carbocycles. The third kappa shape index (κ3) is 9.22. The molecule has 1 aliphatic carbocycles. The second-order valence-electron chi connectivity index (χ2n) is 8.99. The maximum absolute atomic E-state index is 13.0. The SMILES string of the molecule is C[C@H](NC(=O)C(C)(C)N)C(=O)N[C@H](C(=O)N[C@@H](CCCCN)C(=O)O)C1CCCCC1. The molecule has 0 aliphatic heterocycles. The first kappa shape index (κ1) is 26.8. The molecule has 1 aliphatic rings. The highest BCUT2D eigenvalue weighted by molar-refractivity contribution is 5.94. The molecule has 10 nitrogen and oxygen atoms in total. The minimum absolute atomic E-state index is 0.0926. The van der Waals surface area contributed by atoms with E-state index in [9.17, 15) is 24.3 Å². The van der Waals surface area contributed by atoms with Crippen molar-refractivity contribution < 1.29 is 24.3 Å². The summed E-state index contributed by atoms with van der Waals surface area (Å²) in [6, 6.07) is -2.80. The minimum atomic E-state index is -1.15. The zero-order valence-electron chi connectivity index (χ0n) is 18.9. The average Bonchev–Trinajstić information content (AvgIpc) is 2.70. The maximum Gasteiger partial charge on any atom is 0.326 e. The van der Waals surface area contributed by atoms with Crippen LogP contribution in [0.25, 0.3) is 0 Å². The Labute approximate surface area is 184 Å². The van der Waals surface area contributed by atoms with Gasteiger partial charge in [0.2, 0.25) is 17.7 Å². The fourth-order valence-corrected chi connectivity index (χ4v) is 3.60. The van der Waals surface area contributed by atoms with Crippen molar-refractivity contribution >= 4 is 23.7 Å². The molecule has 178 valence electrons. The van der Waals surface area contributed by atoms with Crippen LogP contribution in [0.4, 0.5) is 0 Å². The van der Waals surface area contributed by atoms with Gasteiger partial charge in [-0.15, -0.1) is 0 Å². The fourth-order valence-electron chi connectivity index (χ4n) is 3.60. The molecule has 0 bridgehead atoms. The van der Waals surface area contributed by atoms with Crippen LogP contribution in [0.15, 0.2) is 0 Å². The Morgan fingerprint density at radius 1 is 1.00 bits per heavy atom. The van der Waals surface area contributed by atoms with Crippen molar-refractivity contribution in [2.24, 2.45) is 17.4 Å². The van der Waals surface area contributed by atoms with Gasteiger partial charge in [-0.25, -0.2) is 4.79 Å². The number of hydrogen-bond acceptors (Lipinski definition) is 6. The molecule has 0 unspecified atom stereocenters. The molecule has 0 heterocycles. The number of amides is 3. The van der Waals surface area contributed by atoms with Crippen molar-refractivity contribution in [3.05, 3.63) is 0 Å². The van der Waals surface area contributed by atoms with Gasteiger partial charge in [0.25, 0.3) is 0 Å². The number of carboxylic acid groups (broad SMARTS) is 1. The van der Waals surface area contributed by atoms with Crippen molar-refractivity contribution in [2.45, 2.75) is 95.8 Å². The number of carbonyl (C=O) groups is 4. The lowest BCUT2D eigenvalue weighted by atomic mass is 9.83. The van der Waals surface area contributed by atoms with Gasteiger partial charge < -0.3 is 32.5 Å². The van der Waals surface area contributed by atoms with E-state index < -0.39 is 47.4 Å². The van der Waals surface area contributed by atoms with Crippen molar-refractivity contribution in [1.82, 2.24) is 16.0 Å². The summed E-state index contributed by atoms with van der Waals surface area (Å²) in [6.45, 7) is 5.02. The predicted octanol–water partition coefficient (Wildman–Crippen LogP) is -0.00810. The van der Waals surface area contributed by atoms with Gasteiger partial charge in [-0.1, -0.05) is 19.3 Å². The van der Waals surface area contributed by atoms with Crippen LogP contribution >= 0.6 is 0 Å². The van der Waals surface area contributed by atoms with E-state index in [-0.39, 0.29) is 12.3 Å². The lowest BCUT2D eigenvalue weighted by Crippen LogP contribution is -2.59. The highest BCUT2D eigenvalue weighted by Crippen LogP contribution is 2.27. The number of carboxylic acids is 1. The lowest BCUT2D eigenvalue weighted by molar-refractivity contribution is -0.143. The van der Waals surface area contributed by atoms with Gasteiger partial charge in [0.1, 0.15) is 18.1 Å². The summed E-state index contributed by atoms with van der Waals surface area (Å²) >= 11 is 0. The molecule has 0 saturated heterocycles. The van der Waals surface area contributed by atoms with Gasteiger partial charge in [0, 0.05) is 0 Å². The largest absolute Gasteiger partial charge is 0.480 e. The van der Waals surface area contributed by atoms with Gasteiger partial charge >= 0.3 is 5.97 Å². The van der Waals surface area contributed by atoms with Crippen molar-refractivity contribution in [1.29, 1.82) is 0 Å². The number of nitrogens with two attached hydrogens (primary N) is 2. The molecule has 31 heavy (non-hydrogen) atoms. The Kier molecular flexibility index (Phi) is 10.9. The Morgan fingerprint density at radius 3 is 2.13 bits per heavy atom. The summed E-state index contributed by atoms with van der Waals surface area (Å²) in [6.07, 6.45) is 5.98. The molecule has 0 aromatic heterocycles. The number of aliphatic carboxylic acids is 1. The maximum atomic E-state index is 13.0. The van der Waals surface area contributed by atoms with E-state index in [1.165, 1.54) is 20.8 Å².